The fraction of sp³-hybridized carbons (Fsp3) is 1.00. The maximum absolute atomic E-state index is 12.1. The van der Waals surface area contributed by atoms with Crippen LogP contribution in [-0.4, -0.2) is 19.4 Å². The molecule has 2 atom stereocenters. The van der Waals surface area contributed by atoms with Gasteiger partial charge in [0.05, 0.1) is 12.0 Å². The summed E-state index contributed by atoms with van der Waals surface area (Å²) in [6, 6.07) is 0. The largest absolute Gasteiger partial charge is 0.394 e. The summed E-state index contributed by atoms with van der Waals surface area (Å²) in [7, 11) is 1.29. The van der Waals surface area contributed by atoms with Crippen LogP contribution in [0.3, 0.4) is 0 Å². The van der Waals surface area contributed by atoms with Crippen molar-refractivity contribution in [2.75, 3.05) is 7.11 Å². The molecule has 0 aromatic heterocycles. The predicted molar refractivity (Wildman–Crippen MR) is 47.7 cm³/mol. The molecule has 0 radical (unpaired) electrons. The molecule has 0 rings (SSSR count). The molecule has 0 saturated carbocycles. The van der Waals surface area contributed by atoms with E-state index in [1.165, 1.54) is 21.0 Å². The minimum Gasteiger partial charge on any atom is -0.381 e. The lowest BCUT2D eigenvalue weighted by Crippen LogP contribution is -2.32. The molecule has 4 heteroatoms. The van der Waals surface area contributed by atoms with Gasteiger partial charge in [0.2, 0.25) is 0 Å². The number of ether oxygens (including phenoxy) is 1. The fourth-order valence-electron chi connectivity index (χ4n) is 0.994. The first-order valence-corrected chi connectivity index (χ1v) is 4.53. The molecule has 0 spiro atoms. The number of alkyl halides is 3. The Balaban J connectivity index is 0. The average molecular weight is 200 g/mol. The van der Waals surface area contributed by atoms with E-state index in [-0.39, 0.29) is 6.42 Å². The Hall–Kier alpha value is -0.250. The SMILES string of the molecule is CC.CCC(C(C)OC)C(F)(F)F. The minimum atomic E-state index is -4.13. The van der Waals surface area contributed by atoms with Gasteiger partial charge in [-0.1, -0.05) is 20.8 Å². The second-order valence-electron chi connectivity index (χ2n) is 2.50. The molecular formula is C9H19F3O. The van der Waals surface area contributed by atoms with Crippen LogP contribution in [0.25, 0.3) is 0 Å². The molecule has 0 aliphatic heterocycles. The zero-order valence-corrected chi connectivity index (χ0v) is 8.90. The average Bonchev–Trinajstić information content (AvgIpc) is 2.06. The highest BCUT2D eigenvalue weighted by Gasteiger charge is 2.41. The van der Waals surface area contributed by atoms with Gasteiger partial charge in [-0.3, -0.25) is 0 Å². The topological polar surface area (TPSA) is 9.23 Å². The van der Waals surface area contributed by atoms with Gasteiger partial charge < -0.3 is 4.74 Å². The van der Waals surface area contributed by atoms with Crippen molar-refractivity contribution in [1.82, 2.24) is 0 Å². The van der Waals surface area contributed by atoms with E-state index in [0.29, 0.717) is 0 Å². The summed E-state index contributed by atoms with van der Waals surface area (Å²) >= 11 is 0. The number of halogens is 3. The van der Waals surface area contributed by atoms with Crippen LogP contribution in [0.15, 0.2) is 0 Å². The summed E-state index contributed by atoms with van der Waals surface area (Å²) in [6.45, 7) is 6.94. The lowest BCUT2D eigenvalue weighted by molar-refractivity contribution is -0.201. The Bertz CT molecular complexity index is 112. The van der Waals surface area contributed by atoms with Gasteiger partial charge in [0.1, 0.15) is 0 Å². The molecule has 0 aromatic carbocycles. The number of rotatable bonds is 3. The summed E-state index contributed by atoms with van der Waals surface area (Å²) in [4.78, 5) is 0. The van der Waals surface area contributed by atoms with Gasteiger partial charge in [-0.2, -0.15) is 13.2 Å². The molecule has 0 saturated heterocycles. The Labute approximate surface area is 78.3 Å². The van der Waals surface area contributed by atoms with Crippen molar-refractivity contribution >= 4 is 0 Å². The third-order valence-corrected chi connectivity index (χ3v) is 1.80. The van der Waals surface area contributed by atoms with E-state index >= 15 is 0 Å². The third kappa shape index (κ3) is 5.91. The number of hydrogen-bond donors (Lipinski definition) is 0. The van der Waals surface area contributed by atoms with Crippen LogP contribution in [0.1, 0.15) is 34.1 Å². The van der Waals surface area contributed by atoms with Gasteiger partial charge in [-0.05, 0) is 13.3 Å². The Kier molecular flexibility index (Phi) is 8.42. The third-order valence-electron chi connectivity index (χ3n) is 1.80. The predicted octanol–water partition coefficient (Wildman–Crippen LogP) is 3.64. The van der Waals surface area contributed by atoms with E-state index < -0.39 is 18.2 Å². The highest BCUT2D eigenvalue weighted by atomic mass is 19.4. The smallest absolute Gasteiger partial charge is 0.381 e. The lowest BCUT2D eigenvalue weighted by Gasteiger charge is -2.23. The second kappa shape index (κ2) is 7.18. The summed E-state index contributed by atoms with van der Waals surface area (Å²) in [6.07, 6.45) is -4.82. The van der Waals surface area contributed by atoms with E-state index in [0.717, 1.165) is 0 Å². The minimum absolute atomic E-state index is 0.0680. The molecule has 0 aliphatic rings. The molecular weight excluding hydrogens is 181 g/mol. The summed E-state index contributed by atoms with van der Waals surface area (Å²) in [5.74, 6) is -1.34. The van der Waals surface area contributed by atoms with E-state index in [2.05, 4.69) is 4.74 Å². The highest BCUT2D eigenvalue weighted by Crippen LogP contribution is 2.32. The van der Waals surface area contributed by atoms with Crippen molar-refractivity contribution in [1.29, 1.82) is 0 Å². The Morgan fingerprint density at radius 1 is 1.23 bits per heavy atom. The van der Waals surface area contributed by atoms with Gasteiger partial charge >= 0.3 is 6.18 Å². The zero-order chi connectivity index (χ0) is 11.1. The van der Waals surface area contributed by atoms with Crippen LogP contribution in [-0.2, 0) is 4.74 Å². The Morgan fingerprint density at radius 3 is 1.69 bits per heavy atom. The molecule has 0 amide bonds. The first-order chi connectivity index (χ1) is 5.93. The highest BCUT2D eigenvalue weighted by molar-refractivity contribution is 4.71. The van der Waals surface area contributed by atoms with Crippen LogP contribution in [0.2, 0.25) is 0 Å². The van der Waals surface area contributed by atoms with Crippen molar-refractivity contribution in [2.24, 2.45) is 5.92 Å². The normalized spacial score (nSPS) is 15.7. The van der Waals surface area contributed by atoms with Crippen molar-refractivity contribution in [3.8, 4) is 0 Å². The number of methoxy groups -OCH3 is 1. The van der Waals surface area contributed by atoms with Gasteiger partial charge in [-0.25, -0.2) is 0 Å². The van der Waals surface area contributed by atoms with E-state index in [4.69, 9.17) is 0 Å². The standard InChI is InChI=1S/C7H13F3O.C2H6/c1-4-6(5(2)11-3)7(8,9)10;1-2/h5-6H,4H2,1-3H3;1-2H3. The molecule has 13 heavy (non-hydrogen) atoms. The molecule has 0 aliphatic carbocycles. The van der Waals surface area contributed by atoms with E-state index in [1.807, 2.05) is 13.8 Å². The number of hydrogen-bond acceptors (Lipinski definition) is 1. The molecule has 0 aromatic rings. The van der Waals surface area contributed by atoms with Gasteiger partial charge in [0.25, 0.3) is 0 Å². The van der Waals surface area contributed by atoms with Crippen LogP contribution in [0.5, 0.6) is 0 Å². The van der Waals surface area contributed by atoms with Crippen molar-refractivity contribution < 1.29 is 17.9 Å². The van der Waals surface area contributed by atoms with Crippen LogP contribution in [0.4, 0.5) is 13.2 Å². The van der Waals surface area contributed by atoms with Gasteiger partial charge in [-0.15, -0.1) is 0 Å². The molecule has 0 fully saturated rings. The van der Waals surface area contributed by atoms with Crippen molar-refractivity contribution in [3.05, 3.63) is 0 Å². The quantitative estimate of drug-likeness (QED) is 0.675. The first-order valence-electron chi connectivity index (χ1n) is 4.53. The molecule has 2 unspecified atom stereocenters. The van der Waals surface area contributed by atoms with E-state index in [9.17, 15) is 13.2 Å². The van der Waals surface area contributed by atoms with E-state index in [1.54, 1.807) is 0 Å². The summed E-state index contributed by atoms with van der Waals surface area (Å²) in [5.41, 5.74) is 0. The van der Waals surface area contributed by atoms with Crippen LogP contribution >= 0.6 is 0 Å². The zero-order valence-electron chi connectivity index (χ0n) is 8.90. The summed E-state index contributed by atoms with van der Waals surface area (Å²) in [5, 5.41) is 0. The fourth-order valence-corrected chi connectivity index (χ4v) is 0.994. The molecule has 1 nitrogen and oxygen atoms in total. The van der Waals surface area contributed by atoms with Gasteiger partial charge in [0.15, 0.2) is 0 Å². The molecule has 0 N–H and O–H groups in total. The maximum atomic E-state index is 12.1. The lowest BCUT2D eigenvalue weighted by atomic mass is 10.0. The summed E-state index contributed by atoms with van der Waals surface area (Å²) < 4.78 is 40.8. The van der Waals surface area contributed by atoms with Crippen molar-refractivity contribution in [2.45, 2.75) is 46.4 Å². The van der Waals surface area contributed by atoms with Crippen LogP contribution in [0, 0.1) is 5.92 Å². The van der Waals surface area contributed by atoms with Crippen molar-refractivity contribution in [3.63, 3.8) is 0 Å². The molecule has 0 bridgehead atoms. The Morgan fingerprint density at radius 2 is 1.62 bits per heavy atom. The maximum Gasteiger partial charge on any atom is 0.394 e. The first kappa shape index (κ1) is 15.2. The molecule has 0 heterocycles. The van der Waals surface area contributed by atoms with Crippen LogP contribution < -0.4 is 0 Å². The molecule has 82 valence electrons. The monoisotopic (exact) mass is 200 g/mol. The van der Waals surface area contributed by atoms with Gasteiger partial charge in [0, 0.05) is 7.11 Å². The second-order valence-corrected chi connectivity index (χ2v) is 2.50.